The Morgan fingerprint density at radius 3 is 2.60 bits per heavy atom. The van der Waals surface area contributed by atoms with Gasteiger partial charge in [0.05, 0.1) is 23.3 Å². The molecule has 0 aromatic heterocycles. The number of nitrogens with two attached hydrogens (primary N) is 1. The van der Waals surface area contributed by atoms with Crippen molar-refractivity contribution in [1.82, 2.24) is 4.90 Å². The number of aliphatic imine (C=N–C) groups is 1. The van der Waals surface area contributed by atoms with Gasteiger partial charge in [-0.1, -0.05) is 47.5 Å². The Balaban J connectivity index is 1.84. The van der Waals surface area contributed by atoms with Crippen LogP contribution in [-0.2, 0) is 0 Å². The largest absolute Gasteiger partial charge is 0.385 e. The van der Waals surface area contributed by atoms with Gasteiger partial charge in [0.2, 0.25) is 0 Å². The van der Waals surface area contributed by atoms with Crippen LogP contribution in [0.15, 0.2) is 70.7 Å². The maximum absolute atomic E-state index is 13.8. The second-order valence-corrected chi connectivity index (χ2v) is 9.55. The lowest BCUT2D eigenvalue weighted by atomic mass is 9.88. The molecule has 0 spiro atoms. The smallest absolute Gasteiger partial charge is 0.257 e. The molecule has 0 saturated heterocycles. The van der Waals surface area contributed by atoms with E-state index in [2.05, 4.69) is 27.6 Å². The first kappa shape index (κ1) is 21.4. The molecule has 0 bridgehead atoms. The van der Waals surface area contributed by atoms with Crippen molar-refractivity contribution in [2.24, 2.45) is 16.6 Å². The molecule has 2 aromatic rings. The third-order valence-corrected chi connectivity index (χ3v) is 6.74. The molecule has 2 aromatic carbocycles. The van der Waals surface area contributed by atoms with Gasteiger partial charge in [0.1, 0.15) is 5.84 Å². The Hall–Kier alpha value is -1.83. The maximum Gasteiger partial charge on any atom is 0.257 e. The number of benzene rings is 2. The van der Waals surface area contributed by atoms with Crippen molar-refractivity contribution in [2.45, 2.75) is 25.4 Å². The average Bonchev–Trinajstić information content (AvgIpc) is 2.83. The van der Waals surface area contributed by atoms with Crippen LogP contribution in [0.2, 0.25) is 5.02 Å². The van der Waals surface area contributed by atoms with Gasteiger partial charge in [0.25, 0.3) is 5.91 Å². The third kappa shape index (κ3) is 4.15. The van der Waals surface area contributed by atoms with Crippen molar-refractivity contribution >= 4 is 63.2 Å². The molecule has 2 N–H and O–H groups in total. The normalized spacial score (nSPS) is 22.1. The molecule has 30 heavy (non-hydrogen) atoms. The topological polar surface area (TPSA) is 58.7 Å². The van der Waals surface area contributed by atoms with E-state index in [1.165, 1.54) is 0 Å². The van der Waals surface area contributed by atoms with Gasteiger partial charge < -0.3 is 10.6 Å². The van der Waals surface area contributed by atoms with Gasteiger partial charge in [-0.3, -0.25) is 4.79 Å². The van der Waals surface area contributed by atoms with Crippen LogP contribution < -0.4 is 5.73 Å². The first-order valence-electron chi connectivity index (χ1n) is 9.60. The summed E-state index contributed by atoms with van der Waals surface area (Å²) in [7, 11) is 0. The molecule has 154 valence electrons. The average molecular weight is 552 g/mol. The van der Waals surface area contributed by atoms with Gasteiger partial charge in [0.15, 0.2) is 0 Å². The van der Waals surface area contributed by atoms with Crippen LogP contribution in [0, 0.1) is 9.49 Å². The van der Waals surface area contributed by atoms with Gasteiger partial charge in [0, 0.05) is 19.5 Å². The molecular formula is C23H20Cl2IN3O. The lowest BCUT2D eigenvalue weighted by molar-refractivity contribution is 0.0616. The Morgan fingerprint density at radius 1 is 1.20 bits per heavy atom. The number of nitrogens with zero attached hydrogens (tertiary/aromatic N) is 2. The van der Waals surface area contributed by atoms with Crippen LogP contribution >= 0.6 is 45.8 Å². The van der Waals surface area contributed by atoms with Crippen molar-refractivity contribution in [2.75, 3.05) is 0 Å². The van der Waals surface area contributed by atoms with Gasteiger partial charge in [-0.15, -0.1) is 0 Å². The quantitative estimate of drug-likeness (QED) is 0.460. The van der Waals surface area contributed by atoms with Crippen molar-refractivity contribution < 1.29 is 4.79 Å². The molecule has 0 saturated carbocycles. The van der Waals surface area contributed by atoms with Gasteiger partial charge in [-0.2, -0.15) is 0 Å². The fraction of sp³-hybridized carbons (Fsp3) is 0.217. The molecule has 0 radical (unpaired) electrons. The Bertz CT molecular complexity index is 1080. The number of carbonyl (C=O) groups is 1. The van der Waals surface area contributed by atoms with Gasteiger partial charge in [-0.05, 0) is 77.9 Å². The van der Waals surface area contributed by atoms with E-state index in [1.54, 1.807) is 0 Å². The Labute approximate surface area is 199 Å². The molecule has 1 aliphatic heterocycles. The lowest BCUT2D eigenvalue weighted by Gasteiger charge is -2.39. The van der Waals surface area contributed by atoms with E-state index < -0.39 is 6.04 Å². The highest BCUT2D eigenvalue weighted by atomic mass is 127. The zero-order chi connectivity index (χ0) is 21.4. The SMILES string of the molecule is C[C@H](c1ccc(Cl)cc1)N1C(=O)c2cc(I)ccc2N=C(N)[C@@H]1C1C=CC(Cl)=CC1. The van der Waals surface area contributed by atoms with E-state index in [4.69, 9.17) is 28.9 Å². The molecule has 2 aliphatic rings. The first-order valence-corrected chi connectivity index (χ1v) is 11.4. The molecule has 4 nitrogen and oxygen atoms in total. The number of amides is 1. The van der Waals surface area contributed by atoms with E-state index in [1.807, 2.05) is 72.5 Å². The molecule has 7 heteroatoms. The van der Waals surface area contributed by atoms with Crippen LogP contribution in [0.25, 0.3) is 0 Å². The number of halogens is 3. The monoisotopic (exact) mass is 551 g/mol. The summed E-state index contributed by atoms with van der Waals surface area (Å²) >= 11 is 14.4. The second kappa shape index (κ2) is 8.73. The number of rotatable bonds is 3. The van der Waals surface area contributed by atoms with E-state index in [-0.39, 0.29) is 17.9 Å². The standard InChI is InChI=1S/C23H20Cl2IN3O/c1-13(14-2-6-16(24)7-3-14)29-21(15-4-8-17(25)9-5-15)22(27)28-20-11-10-18(26)12-19(20)23(29)30/h2-4,6-13,15,21H,5H2,1H3,(H2,27,28)/t13-,15?,21+/m1/s1. The number of hydrogen-bond donors (Lipinski definition) is 1. The summed E-state index contributed by atoms with van der Waals surface area (Å²) in [5.74, 6) is 0.308. The molecule has 4 rings (SSSR count). The molecule has 1 unspecified atom stereocenters. The summed E-state index contributed by atoms with van der Waals surface area (Å²) in [6, 6.07) is 12.6. The van der Waals surface area contributed by atoms with Crippen molar-refractivity contribution in [3.05, 3.63) is 85.4 Å². The summed E-state index contributed by atoms with van der Waals surface area (Å²) in [6.07, 6.45) is 6.51. The van der Waals surface area contributed by atoms with Crippen molar-refractivity contribution in [3.63, 3.8) is 0 Å². The minimum atomic E-state index is -0.398. The van der Waals surface area contributed by atoms with Crippen molar-refractivity contribution in [1.29, 1.82) is 0 Å². The third-order valence-electron chi connectivity index (χ3n) is 5.54. The van der Waals surface area contributed by atoms with E-state index in [9.17, 15) is 4.79 Å². The highest BCUT2D eigenvalue weighted by molar-refractivity contribution is 14.1. The summed E-state index contributed by atoms with van der Waals surface area (Å²) in [4.78, 5) is 20.4. The van der Waals surface area contributed by atoms with E-state index in [0.717, 1.165) is 9.13 Å². The molecule has 1 aliphatic carbocycles. The number of hydrogen-bond acceptors (Lipinski definition) is 3. The zero-order valence-electron chi connectivity index (χ0n) is 16.2. The van der Waals surface area contributed by atoms with Crippen LogP contribution in [-0.4, -0.2) is 22.7 Å². The van der Waals surface area contributed by atoms with Crippen LogP contribution in [0.1, 0.15) is 35.3 Å². The fourth-order valence-corrected chi connectivity index (χ4v) is 4.76. The summed E-state index contributed by atoms with van der Waals surface area (Å²) in [5, 5.41) is 1.34. The zero-order valence-corrected chi connectivity index (χ0v) is 19.9. The number of carbonyl (C=O) groups excluding carboxylic acids is 1. The summed E-state index contributed by atoms with van der Waals surface area (Å²) < 4.78 is 0.971. The van der Waals surface area contributed by atoms with Gasteiger partial charge in [-0.25, -0.2) is 4.99 Å². The molecule has 1 amide bonds. The number of amidine groups is 1. The van der Waals surface area contributed by atoms with E-state index in [0.29, 0.717) is 33.6 Å². The minimum absolute atomic E-state index is 0.0247. The molecule has 1 heterocycles. The van der Waals surface area contributed by atoms with Crippen LogP contribution in [0.5, 0.6) is 0 Å². The summed E-state index contributed by atoms with van der Waals surface area (Å²) in [6.45, 7) is 2.01. The summed E-state index contributed by atoms with van der Waals surface area (Å²) in [5.41, 5.74) is 8.67. The first-order chi connectivity index (χ1) is 14.3. The van der Waals surface area contributed by atoms with Crippen molar-refractivity contribution in [3.8, 4) is 0 Å². The highest BCUT2D eigenvalue weighted by Gasteiger charge is 2.39. The van der Waals surface area contributed by atoms with Crippen LogP contribution in [0.4, 0.5) is 5.69 Å². The predicted molar refractivity (Wildman–Crippen MR) is 131 cm³/mol. The lowest BCUT2D eigenvalue weighted by Crippen LogP contribution is -2.51. The molecule has 3 atom stereocenters. The fourth-order valence-electron chi connectivity index (χ4n) is 3.98. The Kier molecular flexibility index (Phi) is 6.23. The molecule has 0 fully saturated rings. The predicted octanol–water partition coefficient (Wildman–Crippen LogP) is 6.22. The maximum atomic E-state index is 13.8. The minimum Gasteiger partial charge on any atom is -0.385 e. The van der Waals surface area contributed by atoms with E-state index >= 15 is 0 Å². The second-order valence-electron chi connectivity index (χ2n) is 7.43. The van der Waals surface area contributed by atoms with Crippen LogP contribution in [0.3, 0.4) is 0 Å². The Morgan fingerprint density at radius 2 is 1.93 bits per heavy atom. The number of allylic oxidation sites excluding steroid dienone is 3. The molecular weight excluding hydrogens is 532 g/mol. The highest BCUT2D eigenvalue weighted by Crippen LogP contribution is 2.37. The van der Waals surface area contributed by atoms with Gasteiger partial charge >= 0.3 is 0 Å². The number of fused-ring (bicyclic) bond motifs is 1.